The summed E-state index contributed by atoms with van der Waals surface area (Å²) in [6.45, 7) is 1.67. The number of pyridine rings is 1. The van der Waals surface area contributed by atoms with Gasteiger partial charge in [0.15, 0.2) is 5.82 Å². The molecule has 0 fully saturated rings. The third-order valence-corrected chi connectivity index (χ3v) is 6.65. The molecule has 0 aliphatic rings. The minimum Gasteiger partial charge on any atom is -0.366 e. The number of benzene rings is 3. The van der Waals surface area contributed by atoms with E-state index in [2.05, 4.69) is 20.2 Å². The number of nitrogens with two attached hydrogens (primary N) is 1. The lowest BCUT2D eigenvalue weighted by Gasteiger charge is -2.15. The highest BCUT2D eigenvalue weighted by molar-refractivity contribution is 7.92. The molecule has 34 heavy (non-hydrogen) atoms. The molecule has 0 saturated heterocycles. The van der Waals surface area contributed by atoms with E-state index >= 15 is 0 Å². The first-order chi connectivity index (χ1) is 16.3. The van der Waals surface area contributed by atoms with Crippen LogP contribution in [0.15, 0.2) is 82.2 Å². The normalized spacial score (nSPS) is 11.6. The van der Waals surface area contributed by atoms with Crippen molar-refractivity contribution in [2.24, 2.45) is 5.73 Å². The first kappa shape index (κ1) is 21.4. The highest BCUT2D eigenvalue weighted by atomic mass is 32.2. The molecule has 0 radical (unpaired) electrons. The third-order valence-electron chi connectivity index (χ3n) is 5.28. The maximum absolute atomic E-state index is 12.7. The number of amides is 1. The SMILES string of the molecule is Cc1cc(NS(=O)(=O)c2ccc(Nc3c4ccccc4nc4c(C(N)=O)cccc34)cc2)no1. The Morgan fingerprint density at radius 1 is 0.971 bits per heavy atom. The van der Waals surface area contributed by atoms with Crippen molar-refractivity contribution in [3.63, 3.8) is 0 Å². The predicted molar refractivity (Wildman–Crippen MR) is 130 cm³/mol. The summed E-state index contributed by atoms with van der Waals surface area (Å²) in [7, 11) is -3.84. The lowest BCUT2D eigenvalue weighted by molar-refractivity contribution is 0.100. The van der Waals surface area contributed by atoms with Crippen LogP contribution in [0.1, 0.15) is 16.1 Å². The summed E-state index contributed by atoms with van der Waals surface area (Å²) in [6.07, 6.45) is 0. The lowest BCUT2D eigenvalue weighted by Crippen LogP contribution is -2.13. The Morgan fingerprint density at radius 3 is 2.41 bits per heavy atom. The number of hydrogen-bond acceptors (Lipinski definition) is 7. The van der Waals surface area contributed by atoms with Gasteiger partial charge in [-0.1, -0.05) is 35.5 Å². The van der Waals surface area contributed by atoms with Crippen molar-refractivity contribution in [1.29, 1.82) is 0 Å². The topological polar surface area (TPSA) is 140 Å². The molecule has 0 aliphatic heterocycles. The smallest absolute Gasteiger partial charge is 0.263 e. The van der Waals surface area contributed by atoms with Crippen LogP contribution >= 0.6 is 0 Å². The van der Waals surface area contributed by atoms with Crippen molar-refractivity contribution in [2.75, 3.05) is 10.0 Å². The van der Waals surface area contributed by atoms with Gasteiger partial charge in [0.25, 0.3) is 15.9 Å². The highest BCUT2D eigenvalue weighted by Gasteiger charge is 2.17. The Labute approximate surface area is 194 Å². The number of para-hydroxylation sites is 2. The zero-order valence-electron chi connectivity index (χ0n) is 17.9. The lowest BCUT2D eigenvalue weighted by atomic mass is 10.0. The number of primary amides is 1. The number of aryl methyl sites for hydroxylation is 1. The van der Waals surface area contributed by atoms with Gasteiger partial charge >= 0.3 is 0 Å². The minimum atomic E-state index is -3.84. The summed E-state index contributed by atoms with van der Waals surface area (Å²) in [5.41, 5.74) is 8.45. The molecule has 3 aromatic carbocycles. The number of nitrogens with zero attached hydrogens (tertiary/aromatic N) is 2. The van der Waals surface area contributed by atoms with Crippen molar-refractivity contribution in [3.05, 3.63) is 84.1 Å². The number of sulfonamides is 1. The fraction of sp³-hybridized carbons (Fsp3) is 0.0417. The molecule has 2 heterocycles. The summed E-state index contributed by atoms with van der Waals surface area (Å²) < 4.78 is 32.6. The fourth-order valence-corrected chi connectivity index (χ4v) is 4.70. The standard InChI is InChI=1S/C24H19N5O4S/c1-14-13-21(28-33-14)29-34(31,32)16-11-9-15(10-12-16)26-22-17-5-2-3-8-20(17)27-23-18(22)6-4-7-19(23)24(25)30/h2-13H,1H3,(H2,25,30)(H,26,27)(H,28,29). The molecule has 0 bridgehead atoms. The second-order valence-corrected chi connectivity index (χ2v) is 9.33. The molecule has 2 aromatic heterocycles. The number of fused-ring (bicyclic) bond motifs is 2. The number of anilines is 3. The molecule has 4 N–H and O–H groups in total. The second-order valence-electron chi connectivity index (χ2n) is 7.65. The number of carbonyl (C=O) groups excluding carboxylic acids is 1. The summed E-state index contributed by atoms with van der Waals surface area (Å²) in [6, 6.07) is 20.5. The van der Waals surface area contributed by atoms with Gasteiger partial charge in [-0.25, -0.2) is 13.4 Å². The van der Waals surface area contributed by atoms with Gasteiger partial charge in [-0.3, -0.25) is 9.52 Å². The van der Waals surface area contributed by atoms with E-state index in [4.69, 9.17) is 10.3 Å². The van der Waals surface area contributed by atoms with Gasteiger partial charge in [0.1, 0.15) is 5.76 Å². The molecule has 5 aromatic rings. The molecule has 0 spiro atoms. The van der Waals surface area contributed by atoms with Crippen LogP contribution in [0.5, 0.6) is 0 Å². The Bertz CT molecular complexity index is 1660. The van der Waals surface area contributed by atoms with E-state index in [1.807, 2.05) is 30.3 Å². The highest BCUT2D eigenvalue weighted by Crippen LogP contribution is 2.34. The van der Waals surface area contributed by atoms with Crippen LogP contribution in [0.25, 0.3) is 21.8 Å². The minimum absolute atomic E-state index is 0.0687. The van der Waals surface area contributed by atoms with Gasteiger partial charge in [-0.2, -0.15) is 0 Å². The quantitative estimate of drug-likeness (QED) is 0.312. The van der Waals surface area contributed by atoms with E-state index < -0.39 is 15.9 Å². The third kappa shape index (κ3) is 3.90. The number of aromatic nitrogens is 2. The van der Waals surface area contributed by atoms with Gasteiger partial charge in [0.05, 0.1) is 27.2 Å². The van der Waals surface area contributed by atoms with Gasteiger partial charge in [0, 0.05) is 22.5 Å². The number of rotatable bonds is 6. The molecule has 0 aliphatic carbocycles. The first-order valence-electron chi connectivity index (χ1n) is 10.3. The number of hydrogen-bond donors (Lipinski definition) is 3. The summed E-state index contributed by atoms with van der Waals surface area (Å²) >= 11 is 0. The van der Waals surface area contributed by atoms with Gasteiger partial charge < -0.3 is 15.6 Å². The van der Waals surface area contributed by atoms with Crippen molar-refractivity contribution >= 4 is 54.9 Å². The fourth-order valence-electron chi connectivity index (χ4n) is 3.72. The Kier molecular flexibility index (Phi) is 5.14. The second kappa shape index (κ2) is 8.16. The van der Waals surface area contributed by atoms with Crippen LogP contribution in [0, 0.1) is 6.92 Å². The summed E-state index contributed by atoms with van der Waals surface area (Å²) in [4.78, 5) is 16.7. The predicted octanol–water partition coefficient (Wildman–Crippen LogP) is 4.33. The molecule has 1 amide bonds. The van der Waals surface area contributed by atoms with E-state index in [1.54, 1.807) is 31.2 Å². The van der Waals surface area contributed by atoms with Gasteiger partial charge in [-0.05, 0) is 43.3 Å². The van der Waals surface area contributed by atoms with Crippen LogP contribution in [0.4, 0.5) is 17.2 Å². The molecule has 9 nitrogen and oxygen atoms in total. The van der Waals surface area contributed by atoms with E-state index in [0.29, 0.717) is 28.0 Å². The molecule has 170 valence electrons. The molecule has 5 rings (SSSR count). The molecule has 10 heteroatoms. The van der Waals surface area contributed by atoms with E-state index in [9.17, 15) is 13.2 Å². The first-order valence-corrected chi connectivity index (χ1v) is 11.7. The monoisotopic (exact) mass is 473 g/mol. The zero-order valence-corrected chi connectivity index (χ0v) is 18.8. The van der Waals surface area contributed by atoms with Crippen molar-refractivity contribution in [3.8, 4) is 0 Å². The van der Waals surface area contributed by atoms with E-state index in [1.165, 1.54) is 18.2 Å². The molecule has 0 saturated carbocycles. The van der Waals surface area contributed by atoms with Crippen LogP contribution < -0.4 is 15.8 Å². The average Bonchev–Trinajstić information content (AvgIpc) is 3.22. The van der Waals surface area contributed by atoms with Crippen LogP contribution in [-0.2, 0) is 10.0 Å². The average molecular weight is 474 g/mol. The van der Waals surface area contributed by atoms with Crippen LogP contribution in [0.3, 0.4) is 0 Å². The summed E-state index contributed by atoms with van der Waals surface area (Å²) in [5.74, 6) is 0.0388. The maximum Gasteiger partial charge on any atom is 0.263 e. The van der Waals surface area contributed by atoms with Crippen molar-refractivity contribution < 1.29 is 17.7 Å². The number of carbonyl (C=O) groups is 1. The maximum atomic E-state index is 12.7. The van der Waals surface area contributed by atoms with Crippen LogP contribution in [0.2, 0.25) is 0 Å². The Balaban J connectivity index is 1.54. The Hall–Kier alpha value is -4.44. The largest absolute Gasteiger partial charge is 0.366 e. The van der Waals surface area contributed by atoms with E-state index in [-0.39, 0.29) is 10.7 Å². The van der Waals surface area contributed by atoms with Gasteiger partial charge in [0.2, 0.25) is 0 Å². The van der Waals surface area contributed by atoms with Crippen molar-refractivity contribution in [1.82, 2.24) is 10.1 Å². The molecule has 0 atom stereocenters. The van der Waals surface area contributed by atoms with Crippen LogP contribution in [-0.4, -0.2) is 24.5 Å². The molecular formula is C24H19N5O4S. The molecular weight excluding hydrogens is 454 g/mol. The number of nitrogens with one attached hydrogen (secondary N) is 2. The van der Waals surface area contributed by atoms with E-state index in [0.717, 1.165) is 16.5 Å². The summed E-state index contributed by atoms with van der Waals surface area (Å²) in [5, 5.41) is 8.58. The van der Waals surface area contributed by atoms with Crippen molar-refractivity contribution in [2.45, 2.75) is 11.8 Å². The Morgan fingerprint density at radius 2 is 1.71 bits per heavy atom. The van der Waals surface area contributed by atoms with Gasteiger partial charge in [-0.15, -0.1) is 0 Å². The molecule has 0 unspecified atom stereocenters. The zero-order chi connectivity index (χ0) is 23.9.